The van der Waals surface area contributed by atoms with Gasteiger partial charge in [0.1, 0.15) is 24.0 Å². The molecule has 1 heterocycles. The molecule has 0 radical (unpaired) electrons. The van der Waals surface area contributed by atoms with Crippen LogP contribution in [0.3, 0.4) is 0 Å². The monoisotopic (exact) mass is 489 g/mol. The van der Waals surface area contributed by atoms with Crippen LogP contribution in [0.5, 0.6) is 5.75 Å². The van der Waals surface area contributed by atoms with Gasteiger partial charge in [-0.3, -0.25) is 4.31 Å². The van der Waals surface area contributed by atoms with Crippen LogP contribution >= 0.6 is 11.6 Å². The van der Waals surface area contributed by atoms with Gasteiger partial charge in [-0.25, -0.2) is 17.2 Å². The molecule has 0 aromatic heterocycles. The van der Waals surface area contributed by atoms with Crippen molar-refractivity contribution in [2.45, 2.75) is 11.1 Å². The van der Waals surface area contributed by atoms with E-state index in [1.165, 1.54) is 18.2 Å². The van der Waals surface area contributed by atoms with Gasteiger partial charge in [0.15, 0.2) is 0 Å². The first-order valence-corrected chi connectivity index (χ1v) is 10.9. The molecular weight excluding hydrogens is 477 g/mol. The topological polar surface area (TPSA) is 46.6 Å². The summed E-state index contributed by atoms with van der Waals surface area (Å²) in [6.45, 7) is -0.244. The molecule has 0 fully saturated rings. The number of sulfonamides is 1. The number of hydrogen-bond donors (Lipinski definition) is 0. The number of alkyl halides is 3. The molecular formula is C21H13ClF5NO3S. The highest BCUT2D eigenvalue weighted by Gasteiger charge is 2.35. The Morgan fingerprint density at radius 3 is 2.47 bits per heavy atom. The molecule has 3 aromatic carbocycles. The average Bonchev–Trinajstić information content (AvgIpc) is 2.75. The zero-order chi connectivity index (χ0) is 23.3. The Morgan fingerprint density at radius 1 is 1.00 bits per heavy atom. The summed E-state index contributed by atoms with van der Waals surface area (Å²) in [5.41, 5.74) is -1.24. The Kier molecular flexibility index (Phi) is 5.54. The minimum absolute atomic E-state index is 0.0223. The van der Waals surface area contributed by atoms with Gasteiger partial charge in [-0.2, -0.15) is 13.2 Å². The molecule has 0 N–H and O–H groups in total. The van der Waals surface area contributed by atoms with Gasteiger partial charge in [0.25, 0.3) is 10.0 Å². The molecule has 32 heavy (non-hydrogen) atoms. The lowest BCUT2D eigenvalue weighted by Crippen LogP contribution is -2.38. The molecule has 4 rings (SSSR count). The van der Waals surface area contributed by atoms with Crippen LogP contribution in [0, 0.1) is 11.6 Å². The lowest BCUT2D eigenvalue weighted by atomic mass is 10.0. The van der Waals surface area contributed by atoms with Gasteiger partial charge in [0.05, 0.1) is 27.7 Å². The summed E-state index contributed by atoms with van der Waals surface area (Å²) >= 11 is 5.71. The van der Waals surface area contributed by atoms with E-state index in [1.807, 2.05) is 0 Å². The molecule has 1 aliphatic heterocycles. The molecule has 0 atom stereocenters. The Morgan fingerprint density at radius 2 is 1.75 bits per heavy atom. The van der Waals surface area contributed by atoms with Crippen molar-refractivity contribution in [3.63, 3.8) is 0 Å². The first-order chi connectivity index (χ1) is 15.0. The molecule has 0 spiro atoms. The SMILES string of the molecule is O=S(=O)(c1cccc(C(F)(F)F)c1)N1CCOc2ccc(-c3cc(F)cc(Cl)c3F)cc21. The number of benzene rings is 3. The Labute approximate surface area is 184 Å². The van der Waals surface area contributed by atoms with E-state index in [0.29, 0.717) is 6.07 Å². The smallest absolute Gasteiger partial charge is 0.416 e. The number of halogens is 6. The quantitative estimate of drug-likeness (QED) is 0.340. The van der Waals surface area contributed by atoms with E-state index in [2.05, 4.69) is 0 Å². The normalized spacial score (nSPS) is 14.1. The van der Waals surface area contributed by atoms with Crippen LogP contribution in [0.1, 0.15) is 5.56 Å². The van der Waals surface area contributed by atoms with Crippen molar-refractivity contribution in [2.75, 3.05) is 17.5 Å². The second-order valence-electron chi connectivity index (χ2n) is 6.88. The predicted molar refractivity (Wildman–Crippen MR) is 108 cm³/mol. The molecule has 4 nitrogen and oxygen atoms in total. The molecule has 0 saturated carbocycles. The number of ether oxygens (including phenoxy) is 1. The highest BCUT2D eigenvalue weighted by molar-refractivity contribution is 7.92. The van der Waals surface area contributed by atoms with Gasteiger partial charge in [-0.05, 0) is 48.0 Å². The molecule has 0 amide bonds. The van der Waals surface area contributed by atoms with Gasteiger partial charge < -0.3 is 4.74 Å². The predicted octanol–water partition coefficient (Wildman–Crippen LogP) is 5.89. The number of hydrogen-bond acceptors (Lipinski definition) is 3. The second-order valence-corrected chi connectivity index (χ2v) is 9.15. The van der Waals surface area contributed by atoms with Crippen LogP contribution in [0.2, 0.25) is 5.02 Å². The largest absolute Gasteiger partial charge is 0.489 e. The molecule has 0 aliphatic carbocycles. The molecule has 11 heteroatoms. The minimum atomic E-state index is -4.73. The molecule has 0 bridgehead atoms. The average molecular weight is 490 g/mol. The van der Waals surface area contributed by atoms with Gasteiger partial charge >= 0.3 is 6.18 Å². The zero-order valence-corrected chi connectivity index (χ0v) is 17.5. The highest BCUT2D eigenvalue weighted by Crippen LogP contribution is 2.40. The maximum Gasteiger partial charge on any atom is 0.416 e. The van der Waals surface area contributed by atoms with Gasteiger partial charge in [0, 0.05) is 5.56 Å². The Hall–Kier alpha value is -2.85. The van der Waals surface area contributed by atoms with Crippen molar-refractivity contribution in [1.82, 2.24) is 0 Å². The van der Waals surface area contributed by atoms with E-state index >= 15 is 0 Å². The lowest BCUT2D eigenvalue weighted by Gasteiger charge is -2.31. The number of fused-ring (bicyclic) bond motifs is 1. The first-order valence-electron chi connectivity index (χ1n) is 9.10. The fourth-order valence-electron chi connectivity index (χ4n) is 3.34. The first kappa shape index (κ1) is 22.3. The van der Waals surface area contributed by atoms with Crippen LogP contribution < -0.4 is 9.04 Å². The summed E-state index contributed by atoms with van der Waals surface area (Å²) in [5, 5.41) is -0.456. The van der Waals surface area contributed by atoms with Crippen LogP contribution in [-0.2, 0) is 16.2 Å². The molecule has 0 saturated heterocycles. The van der Waals surface area contributed by atoms with E-state index < -0.39 is 43.3 Å². The summed E-state index contributed by atoms with van der Waals surface area (Å²) in [6.07, 6.45) is -4.73. The van der Waals surface area contributed by atoms with Crippen LogP contribution in [0.25, 0.3) is 11.1 Å². The van der Waals surface area contributed by atoms with Crippen LogP contribution in [0.15, 0.2) is 59.5 Å². The van der Waals surface area contributed by atoms with Crippen molar-refractivity contribution in [2.24, 2.45) is 0 Å². The van der Waals surface area contributed by atoms with Crippen LogP contribution in [0.4, 0.5) is 27.6 Å². The van der Waals surface area contributed by atoms with E-state index in [1.54, 1.807) is 0 Å². The molecule has 1 aliphatic rings. The van der Waals surface area contributed by atoms with Gasteiger partial charge in [-0.1, -0.05) is 23.7 Å². The standard InChI is InChI=1S/C21H13ClF5NO3S/c22-17-11-14(23)10-16(20(17)24)12-4-5-19-18(8-12)28(6-7-31-19)32(29,30)15-3-1-2-13(9-15)21(25,26)27/h1-5,8-11H,6-7H2. The van der Waals surface area contributed by atoms with Crippen molar-refractivity contribution in [3.05, 3.63) is 76.8 Å². The Bertz CT molecular complexity index is 1310. The van der Waals surface area contributed by atoms with Crippen molar-refractivity contribution < 1.29 is 35.1 Å². The van der Waals surface area contributed by atoms with E-state index in [-0.39, 0.29) is 35.7 Å². The minimum Gasteiger partial charge on any atom is -0.489 e. The summed E-state index contributed by atoms with van der Waals surface area (Å²) in [7, 11) is -4.42. The van der Waals surface area contributed by atoms with Crippen molar-refractivity contribution in [3.8, 4) is 16.9 Å². The number of rotatable bonds is 3. The third-order valence-corrected chi connectivity index (χ3v) is 6.92. The molecule has 0 unspecified atom stereocenters. The van der Waals surface area contributed by atoms with Gasteiger partial charge in [0.2, 0.25) is 0 Å². The van der Waals surface area contributed by atoms with Crippen LogP contribution in [-0.4, -0.2) is 21.6 Å². The molecule has 3 aromatic rings. The zero-order valence-electron chi connectivity index (χ0n) is 16.0. The van der Waals surface area contributed by atoms with Crippen molar-refractivity contribution in [1.29, 1.82) is 0 Å². The maximum atomic E-state index is 14.5. The summed E-state index contributed by atoms with van der Waals surface area (Å²) in [5.74, 6) is -1.58. The lowest BCUT2D eigenvalue weighted by molar-refractivity contribution is -0.137. The van der Waals surface area contributed by atoms with E-state index in [0.717, 1.165) is 34.6 Å². The van der Waals surface area contributed by atoms with Gasteiger partial charge in [-0.15, -0.1) is 0 Å². The molecule has 168 valence electrons. The third-order valence-electron chi connectivity index (χ3n) is 4.83. The second kappa shape index (κ2) is 7.93. The van der Waals surface area contributed by atoms with E-state index in [4.69, 9.17) is 16.3 Å². The number of nitrogens with zero attached hydrogens (tertiary/aromatic N) is 1. The maximum absolute atomic E-state index is 14.5. The highest BCUT2D eigenvalue weighted by atomic mass is 35.5. The summed E-state index contributed by atoms with van der Waals surface area (Å²) in [6, 6.07) is 9.08. The fraction of sp³-hybridized carbons (Fsp3) is 0.143. The van der Waals surface area contributed by atoms with E-state index in [9.17, 15) is 30.4 Å². The summed E-state index contributed by atoms with van der Waals surface area (Å²) in [4.78, 5) is -0.564. The number of anilines is 1. The third kappa shape index (κ3) is 4.00. The van der Waals surface area contributed by atoms with Crippen molar-refractivity contribution >= 4 is 27.3 Å². The Balaban J connectivity index is 1.83. The summed E-state index contributed by atoms with van der Waals surface area (Å²) < 4.78 is 100. The fourth-order valence-corrected chi connectivity index (χ4v) is 5.04.